The molecule has 0 aromatic heterocycles. The van der Waals surface area contributed by atoms with Gasteiger partial charge in [0.05, 0.1) is 0 Å². The Morgan fingerprint density at radius 3 is 0.424 bits per heavy atom. The van der Waals surface area contributed by atoms with E-state index in [0.717, 1.165) is 83.5 Å². The third-order valence-corrected chi connectivity index (χ3v) is 18.1. The van der Waals surface area contributed by atoms with E-state index in [0.29, 0.717) is 12.8 Å². The van der Waals surface area contributed by atoms with Gasteiger partial charge in [0.25, 0.3) is 17.9 Å². The van der Waals surface area contributed by atoms with Gasteiger partial charge >= 0.3 is 19.3 Å². The van der Waals surface area contributed by atoms with Gasteiger partial charge in [-0.15, -0.1) is 0 Å². The van der Waals surface area contributed by atoms with Crippen LogP contribution in [0.3, 0.4) is 0 Å². The largest absolute Gasteiger partial charge is 0.870 e. The second-order valence-corrected chi connectivity index (χ2v) is 27.5. The van der Waals surface area contributed by atoms with Crippen molar-refractivity contribution in [2.45, 2.75) is 484 Å². The third-order valence-electron chi connectivity index (χ3n) is 18.1. The van der Waals surface area contributed by atoms with E-state index in [4.69, 9.17) is 24.2 Å². The van der Waals surface area contributed by atoms with E-state index in [1.54, 1.807) is 0 Å². The number of carboxylic acids is 2. The fourth-order valence-electron chi connectivity index (χ4n) is 12.0. The van der Waals surface area contributed by atoms with Gasteiger partial charge in [-0.1, -0.05) is 420 Å². The van der Waals surface area contributed by atoms with Gasteiger partial charge in [-0.05, 0) is 32.1 Å². The zero-order valence-corrected chi connectivity index (χ0v) is 63.0. The maximum absolute atomic E-state index is 12.7. The Kier molecular flexibility index (Phi) is 91.0. The maximum atomic E-state index is 12.7. The Morgan fingerprint density at radius 1 is 0.196 bits per heavy atom. The van der Waals surface area contributed by atoms with Gasteiger partial charge in [-0.25, -0.2) is 0 Å². The van der Waals surface area contributed by atoms with Crippen molar-refractivity contribution in [3.05, 3.63) is 0 Å². The van der Waals surface area contributed by atoms with Crippen LogP contribution in [0.4, 0.5) is 0 Å². The number of carboxylic acid groups (broad SMARTS) is 2. The normalized spacial score (nSPS) is 10.9. The smallest absolute Gasteiger partial charge is 0.481 e. The summed E-state index contributed by atoms with van der Waals surface area (Å²) < 4.78 is 16.2. The van der Waals surface area contributed by atoms with Crippen LogP contribution in [0.25, 0.3) is 0 Å². The predicted molar refractivity (Wildman–Crippen MR) is 391 cm³/mol. The quantitative estimate of drug-likeness (QED) is 0.0444. The summed E-state index contributed by atoms with van der Waals surface area (Å²) in [6.45, 7) is 11.3. The minimum Gasteiger partial charge on any atom is -0.481 e. The van der Waals surface area contributed by atoms with Gasteiger partial charge in [0.15, 0.2) is 0 Å². The monoisotopic (exact) mass is 1350 g/mol. The summed E-state index contributed by atoms with van der Waals surface area (Å²) in [4.78, 5) is 58.7. The molecule has 0 amide bonds. The van der Waals surface area contributed by atoms with Crippen LogP contribution in [0, 0.1) is 0 Å². The first-order valence-corrected chi connectivity index (χ1v) is 40.6. The molecule has 0 saturated heterocycles. The Balaban J connectivity index is -0.000000844. The van der Waals surface area contributed by atoms with Crippen molar-refractivity contribution in [2.24, 2.45) is 0 Å². The molecule has 0 aliphatic rings. The van der Waals surface area contributed by atoms with Crippen molar-refractivity contribution >= 4 is 37.2 Å². The van der Waals surface area contributed by atoms with Crippen LogP contribution >= 0.6 is 0 Å². The number of hydrogen-bond donors (Lipinski definition) is 2. The topological polar surface area (TPSA) is 153 Å². The van der Waals surface area contributed by atoms with Crippen LogP contribution in [-0.4, -0.2) is 47.4 Å². The van der Waals surface area contributed by atoms with Crippen molar-refractivity contribution in [3.8, 4) is 0 Å². The average molecular weight is 1350 g/mol. The molecular weight excluding hydrogens is 1200 g/mol. The fourth-order valence-corrected chi connectivity index (χ4v) is 12.0. The molecule has 0 rings (SSSR count). The number of aliphatic carboxylic acids is 2. The van der Waals surface area contributed by atoms with Gasteiger partial charge in [0.2, 0.25) is 0 Å². The summed E-state index contributed by atoms with van der Waals surface area (Å²) in [6.07, 6.45) is 83.3. The van der Waals surface area contributed by atoms with Crippen LogP contribution in [0.5, 0.6) is 0 Å². The van der Waals surface area contributed by atoms with Crippen molar-refractivity contribution in [2.75, 3.05) is 0 Å². The molecule has 0 fully saturated rings. The van der Waals surface area contributed by atoms with Gasteiger partial charge in [0.1, 0.15) is 0 Å². The number of carbonyl (C=O) groups is 5. The van der Waals surface area contributed by atoms with Crippen LogP contribution in [0.2, 0.25) is 0 Å². The van der Waals surface area contributed by atoms with Crippen LogP contribution in [-0.2, 0) is 55.0 Å². The standard InChI is InChI=1S/C48H93BO6.2C16H32O2.Cu/c1-4-7-10-13-16-19-22-25-28-31-34-37-40-43-46(50)53-49(54-47(51)44-41-38-35-32-29-26-23-20-17-14-11-8-5-2)55-48(52)45-42-39-36-33-30-27-24-21-18-15-12-9-6-3;2*1-2-3-4-5-6-7-8-9-10-11-12-13-14-15-16(17)18;/h4-45H2,1-3H3;2*2-15H2,1H3,(H,17,18);. The Labute approximate surface area is 583 Å². The zero-order chi connectivity index (χ0) is 67.1. The summed E-state index contributed by atoms with van der Waals surface area (Å²) in [5, 5.41) is 17.0. The minimum atomic E-state index is -1.58. The Morgan fingerprint density at radius 2 is 0.304 bits per heavy atom. The van der Waals surface area contributed by atoms with Gasteiger partial charge < -0.3 is 24.2 Å². The average Bonchev–Trinajstić information content (AvgIpc) is 3.72. The van der Waals surface area contributed by atoms with Gasteiger partial charge in [-0.2, -0.15) is 0 Å². The molecule has 551 valence electrons. The fraction of sp³-hybridized carbons (Fsp3) is 0.938. The maximum Gasteiger partial charge on any atom is 0.870 e. The predicted octanol–water partition coefficient (Wildman–Crippen LogP) is 27.1. The molecule has 0 aromatic carbocycles. The SMILES string of the molecule is CCCCCCCCCCCCCCCC(=O)O.CCCCCCCCCCCCCCCC(=O)O.CCCCCCCCCCCCCCCC(=O)OB(OC(=O)CCCCCCCCCCCCCCC)OC(=O)CCCCCCCCCCCCCCC.[Cu]. The first-order valence-electron chi connectivity index (χ1n) is 40.6. The first kappa shape index (κ1) is 96.3. The van der Waals surface area contributed by atoms with Crippen molar-refractivity contribution < 1.29 is 65.2 Å². The van der Waals surface area contributed by atoms with E-state index in [1.165, 1.54) is 334 Å². The molecule has 0 aromatic rings. The molecule has 0 heterocycles. The molecule has 12 heteroatoms. The summed E-state index contributed by atoms with van der Waals surface area (Å²) in [7, 11) is -1.58. The number of unbranched alkanes of at least 4 members (excludes halogenated alkanes) is 60. The molecule has 0 aliphatic carbocycles. The summed E-state index contributed by atoms with van der Waals surface area (Å²) in [5.74, 6) is -2.74. The third kappa shape index (κ3) is 92.1. The molecule has 2 N–H and O–H groups in total. The Hall–Kier alpha value is -2.07. The van der Waals surface area contributed by atoms with E-state index in [2.05, 4.69) is 34.6 Å². The van der Waals surface area contributed by atoms with E-state index in [9.17, 15) is 24.0 Å². The molecule has 0 bridgehead atoms. The second-order valence-electron chi connectivity index (χ2n) is 27.5. The van der Waals surface area contributed by atoms with Crippen molar-refractivity contribution in [3.63, 3.8) is 0 Å². The molecule has 0 unspecified atom stereocenters. The molecule has 10 nitrogen and oxygen atoms in total. The van der Waals surface area contributed by atoms with Crippen molar-refractivity contribution in [1.29, 1.82) is 0 Å². The van der Waals surface area contributed by atoms with Gasteiger partial charge in [0, 0.05) is 49.2 Å². The number of carbonyl (C=O) groups excluding carboxylic acids is 3. The van der Waals surface area contributed by atoms with Crippen LogP contribution in [0.1, 0.15) is 484 Å². The Bertz CT molecular complexity index is 1320. The summed E-state index contributed by atoms with van der Waals surface area (Å²) in [6, 6.07) is 0. The van der Waals surface area contributed by atoms with Crippen LogP contribution in [0.15, 0.2) is 0 Å². The summed E-state index contributed by atoms with van der Waals surface area (Å²) in [5.41, 5.74) is 0. The number of rotatable bonds is 73. The van der Waals surface area contributed by atoms with E-state index >= 15 is 0 Å². The molecule has 0 saturated carbocycles. The van der Waals surface area contributed by atoms with E-state index in [1.807, 2.05) is 0 Å². The van der Waals surface area contributed by atoms with Gasteiger partial charge in [-0.3, -0.25) is 24.0 Å². The van der Waals surface area contributed by atoms with E-state index in [-0.39, 0.29) is 36.3 Å². The molecule has 0 spiro atoms. The molecular formula is C80H157BCuO10. The molecule has 0 aliphatic heterocycles. The minimum absolute atomic E-state index is 0. The first-order chi connectivity index (χ1) is 44.6. The number of hydrogen-bond acceptors (Lipinski definition) is 8. The second kappa shape index (κ2) is 86.9. The molecule has 92 heavy (non-hydrogen) atoms. The summed E-state index contributed by atoms with van der Waals surface area (Å²) >= 11 is 0. The molecule has 1 radical (unpaired) electrons. The molecule has 0 atom stereocenters. The zero-order valence-electron chi connectivity index (χ0n) is 62.0. The van der Waals surface area contributed by atoms with Crippen molar-refractivity contribution in [1.82, 2.24) is 0 Å². The van der Waals surface area contributed by atoms with E-state index < -0.39 is 37.2 Å². The van der Waals surface area contributed by atoms with Crippen LogP contribution < -0.4 is 0 Å².